The molecule has 0 radical (unpaired) electrons. The summed E-state index contributed by atoms with van der Waals surface area (Å²) in [5, 5.41) is 0. The van der Waals surface area contributed by atoms with Gasteiger partial charge in [-0.3, -0.25) is 9.69 Å². The zero-order valence-electron chi connectivity index (χ0n) is 14.4. The highest BCUT2D eigenvalue weighted by molar-refractivity contribution is 5.82. The van der Waals surface area contributed by atoms with Gasteiger partial charge in [-0.1, -0.05) is 26.0 Å². The second-order valence-corrected chi connectivity index (χ2v) is 6.21. The predicted octanol–water partition coefficient (Wildman–Crippen LogP) is 2.37. The van der Waals surface area contributed by atoms with Gasteiger partial charge in [0, 0.05) is 19.2 Å². The minimum absolute atomic E-state index is 0.0366. The Hall–Kier alpha value is -0.710. The maximum absolute atomic E-state index is 11.9. The van der Waals surface area contributed by atoms with E-state index >= 15 is 0 Å². The molecule has 1 aliphatic heterocycles. The number of ether oxygens (including phenoxy) is 1. The highest BCUT2D eigenvalue weighted by Gasteiger charge is 2.48. The molecule has 1 unspecified atom stereocenters. The second-order valence-electron chi connectivity index (χ2n) is 6.21. The van der Waals surface area contributed by atoms with E-state index in [2.05, 4.69) is 30.9 Å². The number of methoxy groups -OCH3 is 1. The summed E-state index contributed by atoms with van der Waals surface area (Å²) in [5.41, 5.74) is 6.32. The molecular weight excluding hydrogens is 264 g/mol. The van der Waals surface area contributed by atoms with Gasteiger partial charge in [-0.25, -0.2) is 0 Å². The smallest absolute Gasteiger partial charge is 0.146 e. The fourth-order valence-corrected chi connectivity index (χ4v) is 3.94. The molecule has 4 atom stereocenters. The van der Waals surface area contributed by atoms with Crippen LogP contribution in [-0.2, 0) is 9.53 Å². The average Bonchev–Trinajstić information content (AvgIpc) is 2.78. The number of likely N-dealkylation sites (tertiary alicyclic amines) is 1. The van der Waals surface area contributed by atoms with Gasteiger partial charge < -0.3 is 10.5 Å². The second kappa shape index (κ2) is 7.52. The summed E-state index contributed by atoms with van der Waals surface area (Å²) in [6.07, 6.45) is 6.85. The number of rotatable bonds is 7. The van der Waals surface area contributed by atoms with Crippen molar-refractivity contribution in [3.63, 3.8) is 0 Å². The molecule has 4 heteroatoms. The molecular formula is C17H32N2O2. The molecule has 0 amide bonds. The largest absolute Gasteiger partial charge is 0.377 e. The Morgan fingerprint density at radius 1 is 1.48 bits per heavy atom. The van der Waals surface area contributed by atoms with E-state index in [1.54, 1.807) is 14.0 Å². The third kappa shape index (κ3) is 3.38. The summed E-state index contributed by atoms with van der Waals surface area (Å²) in [4.78, 5) is 14.1. The van der Waals surface area contributed by atoms with E-state index in [1.165, 1.54) is 0 Å². The van der Waals surface area contributed by atoms with E-state index in [9.17, 15) is 4.79 Å². The lowest BCUT2D eigenvalue weighted by Crippen LogP contribution is -2.60. The van der Waals surface area contributed by atoms with Crippen LogP contribution in [0.15, 0.2) is 12.2 Å². The van der Waals surface area contributed by atoms with Crippen molar-refractivity contribution in [3.05, 3.63) is 12.2 Å². The lowest BCUT2D eigenvalue weighted by atomic mass is 9.80. The van der Waals surface area contributed by atoms with Gasteiger partial charge in [0.1, 0.15) is 5.78 Å². The number of hydrogen-bond donors (Lipinski definition) is 1. The quantitative estimate of drug-likeness (QED) is 0.733. The number of Topliss-reactive ketones (excluding diaryl/α,β-unsaturated/α-hetero) is 1. The zero-order chi connectivity index (χ0) is 16.2. The normalized spacial score (nSPS) is 29.2. The molecule has 21 heavy (non-hydrogen) atoms. The average molecular weight is 296 g/mol. The van der Waals surface area contributed by atoms with Crippen molar-refractivity contribution in [2.45, 2.75) is 70.7 Å². The first-order valence-electron chi connectivity index (χ1n) is 8.04. The summed E-state index contributed by atoms with van der Waals surface area (Å²) in [6.45, 7) is 7.93. The van der Waals surface area contributed by atoms with Gasteiger partial charge in [-0.15, -0.1) is 0 Å². The summed E-state index contributed by atoms with van der Waals surface area (Å²) < 4.78 is 5.82. The van der Waals surface area contributed by atoms with E-state index < -0.39 is 0 Å². The lowest BCUT2D eigenvalue weighted by Gasteiger charge is -2.43. The molecule has 1 saturated heterocycles. The predicted molar refractivity (Wildman–Crippen MR) is 87.2 cm³/mol. The summed E-state index contributed by atoms with van der Waals surface area (Å²) >= 11 is 0. The molecule has 0 aromatic rings. The van der Waals surface area contributed by atoms with E-state index in [-0.39, 0.29) is 29.5 Å². The van der Waals surface area contributed by atoms with E-state index in [0.717, 1.165) is 19.3 Å². The molecule has 0 spiro atoms. The van der Waals surface area contributed by atoms with E-state index in [0.29, 0.717) is 5.92 Å². The fraction of sp³-hybridized carbons (Fsp3) is 0.824. The summed E-state index contributed by atoms with van der Waals surface area (Å²) in [6, 6.07) is -0.0199. The standard InChI is InChI=1S/C17H32N2O2/c1-7-10-13-11-14(12(4)20)19(5)15(13)16(18)17(8-2,9-3)21-6/h7,10,13-16H,8-9,11,18H2,1-6H3/b10-7-/t13-,14-,15-,16?/m1/s1. The Kier molecular flexibility index (Phi) is 6.57. The number of hydrogen-bond acceptors (Lipinski definition) is 4. The number of allylic oxidation sites excluding steroid dienone is 1. The first-order valence-corrected chi connectivity index (χ1v) is 8.04. The summed E-state index contributed by atoms with van der Waals surface area (Å²) in [7, 11) is 3.76. The molecule has 0 aromatic heterocycles. The Bertz CT molecular complexity index is 369. The van der Waals surface area contributed by atoms with Crippen molar-refractivity contribution >= 4 is 5.78 Å². The highest BCUT2D eigenvalue weighted by Crippen LogP contribution is 2.37. The molecule has 0 bridgehead atoms. The third-order valence-corrected chi connectivity index (χ3v) is 5.38. The summed E-state index contributed by atoms with van der Waals surface area (Å²) in [5.74, 6) is 0.522. The van der Waals surface area contributed by atoms with Crippen molar-refractivity contribution < 1.29 is 9.53 Å². The van der Waals surface area contributed by atoms with Crippen LogP contribution in [0.4, 0.5) is 0 Å². The van der Waals surface area contributed by atoms with Gasteiger partial charge in [0.25, 0.3) is 0 Å². The molecule has 1 aliphatic rings. The Morgan fingerprint density at radius 2 is 2.05 bits per heavy atom. The number of carbonyl (C=O) groups is 1. The topological polar surface area (TPSA) is 55.6 Å². The van der Waals surface area contributed by atoms with Crippen molar-refractivity contribution in [1.29, 1.82) is 0 Å². The SMILES string of the molecule is C/C=C\[C@@H]1C[C@H](C(C)=O)N(C)[C@H]1C(N)C(CC)(CC)OC. The van der Waals surface area contributed by atoms with Gasteiger partial charge in [-0.05, 0) is 46.1 Å². The van der Waals surface area contributed by atoms with E-state index in [1.807, 2.05) is 14.0 Å². The molecule has 0 aromatic carbocycles. The van der Waals surface area contributed by atoms with Crippen molar-refractivity contribution in [3.8, 4) is 0 Å². The van der Waals surface area contributed by atoms with Crippen molar-refractivity contribution in [2.75, 3.05) is 14.2 Å². The monoisotopic (exact) mass is 296 g/mol. The zero-order valence-corrected chi connectivity index (χ0v) is 14.4. The van der Waals surface area contributed by atoms with Crippen molar-refractivity contribution in [2.24, 2.45) is 11.7 Å². The fourth-order valence-electron chi connectivity index (χ4n) is 3.94. The van der Waals surface area contributed by atoms with Gasteiger partial charge in [0.2, 0.25) is 0 Å². The van der Waals surface area contributed by atoms with Crippen LogP contribution >= 0.6 is 0 Å². The van der Waals surface area contributed by atoms with Crippen molar-refractivity contribution in [1.82, 2.24) is 4.90 Å². The van der Waals surface area contributed by atoms with Gasteiger partial charge in [0.15, 0.2) is 0 Å². The minimum Gasteiger partial charge on any atom is -0.377 e. The van der Waals surface area contributed by atoms with Crippen LogP contribution in [0.25, 0.3) is 0 Å². The first kappa shape index (κ1) is 18.3. The molecule has 2 N–H and O–H groups in total. The number of nitrogens with zero attached hydrogens (tertiary/aromatic N) is 1. The molecule has 0 saturated carbocycles. The maximum atomic E-state index is 11.9. The number of likely N-dealkylation sites (N-methyl/N-ethyl adjacent to an activating group) is 1. The van der Waals surface area contributed by atoms with Crippen LogP contribution in [0.1, 0.15) is 47.0 Å². The Labute approximate surface area is 129 Å². The van der Waals surface area contributed by atoms with Crippen LogP contribution in [0.5, 0.6) is 0 Å². The molecule has 1 rings (SSSR count). The third-order valence-electron chi connectivity index (χ3n) is 5.38. The van der Waals surface area contributed by atoms with Crippen LogP contribution < -0.4 is 5.73 Å². The number of carbonyl (C=O) groups excluding carboxylic acids is 1. The van der Waals surface area contributed by atoms with Gasteiger partial charge in [-0.2, -0.15) is 0 Å². The molecule has 122 valence electrons. The molecule has 1 fully saturated rings. The number of nitrogens with two attached hydrogens (primary N) is 1. The Morgan fingerprint density at radius 3 is 2.43 bits per heavy atom. The highest BCUT2D eigenvalue weighted by atomic mass is 16.5. The van der Waals surface area contributed by atoms with Crippen LogP contribution in [0, 0.1) is 5.92 Å². The Balaban J connectivity index is 3.13. The number of ketones is 1. The lowest BCUT2D eigenvalue weighted by molar-refractivity contribution is -0.121. The van der Waals surface area contributed by atoms with Crippen LogP contribution in [0.2, 0.25) is 0 Å². The molecule has 4 nitrogen and oxygen atoms in total. The van der Waals surface area contributed by atoms with Gasteiger partial charge >= 0.3 is 0 Å². The van der Waals surface area contributed by atoms with Crippen LogP contribution in [-0.4, -0.2) is 48.6 Å². The first-order chi connectivity index (χ1) is 9.88. The molecule has 0 aliphatic carbocycles. The van der Waals surface area contributed by atoms with E-state index in [4.69, 9.17) is 10.5 Å². The van der Waals surface area contributed by atoms with Gasteiger partial charge in [0.05, 0.1) is 11.6 Å². The molecule has 1 heterocycles. The minimum atomic E-state index is -0.329. The maximum Gasteiger partial charge on any atom is 0.146 e. The van der Waals surface area contributed by atoms with Crippen LogP contribution in [0.3, 0.4) is 0 Å².